The lowest BCUT2D eigenvalue weighted by atomic mass is 9.85. The fourth-order valence-corrected chi connectivity index (χ4v) is 2.50. The zero-order chi connectivity index (χ0) is 13.8. The average Bonchev–Trinajstić information content (AvgIpc) is 2.27. The van der Waals surface area contributed by atoms with Gasteiger partial charge in [-0.25, -0.2) is 4.98 Å². The first-order valence-electron chi connectivity index (χ1n) is 5.83. The zero-order valence-corrected chi connectivity index (χ0v) is 14.0. The van der Waals surface area contributed by atoms with E-state index < -0.39 is 0 Å². The molecule has 3 nitrogen and oxygen atoms in total. The minimum atomic E-state index is -0.136. The van der Waals surface area contributed by atoms with E-state index in [9.17, 15) is 4.79 Å². The fraction of sp³-hybridized carbons (Fsp3) is 0.538. The minimum absolute atomic E-state index is 0.0185. The largest absolute Gasteiger partial charge is 0.347 e. The number of amides is 1. The van der Waals surface area contributed by atoms with E-state index in [2.05, 4.69) is 62.9 Å². The van der Waals surface area contributed by atoms with Crippen molar-refractivity contribution < 1.29 is 4.79 Å². The molecule has 0 radical (unpaired) electrons. The van der Waals surface area contributed by atoms with Gasteiger partial charge in [0.2, 0.25) is 0 Å². The Morgan fingerprint density at radius 1 is 1.50 bits per heavy atom. The first-order chi connectivity index (χ1) is 8.36. The molecule has 1 amide bonds. The molecule has 18 heavy (non-hydrogen) atoms. The summed E-state index contributed by atoms with van der Waals surface area (Å²) in [4.78, 5) is 16.3. The number of hydrogen-bond acceptors (Lipinski definition) is 2. The van der Waals surface area contributed by atoms with Crippen molar-refractivity contribution in [1.82, 2.24) is 10.3 Å². The topological polar surface area (TPSA) is 42.0 Å². The molecule has 1 atom stereocenters. The van der Waals surface area contributed by atoms with Gasteiger partial charge in [-0.3, -0.25) is 4.79 Å². The van der Waals surface area contributed by atoms with Crippen LogP contribution in [-0.2, 0) is 0 Å². The van der Waals surface area contributed by atoms with Crippen molar-refractivity contribution in [2.24, 2.45) is 5.41 Å². The Bertz CT molecular complexity index is 416. The molecule has 1 heterocycles. The van der Waals surface area contributed by atoms with Gasteiger partial charge in [-0.2, -0.15) is 0 Å². The lowest BCUT2D eigenvalue weighted by Crippen LogP contribution is -2.44. The first kappa shape index (κ1) is 15.6. The van der Waals surface area contributed by atoms with Gasteiger partial charge in [0.25, 0.3) is 5.91 Å². The smallest absolute Gasteiger partial charge is 0.271 e. The minimum Gasteiger partial charge on any atom is -0.347 e. The van der Waals surface area contributed by atoms with Crippen LogP contribution < -0.4 is 5.32 Å². The van der Waals surface area contributed by atoms with Crippen LogP contribution in [0.4, 0.5) is 0 Å². The second-order valence-electron chi connectivity index (χ2n) is 5.20. The molecule has 1 aromatic heterocycles. The van der Waals surface area contributed by atoms with Gasteiger partial charge in [0, 0.05) is 22.0 Å². The van der Waals surface area contributed by atoms with Gasteiger partial charge in [0.15, 0.2) is 0 Å². The number of pyridine rings is 1. The normalized spacial score (nSPS) is 13.2. The Kier molecular flexibility index (Phi) is 5.79. The van der Waals surface area contributed by atoms with Crippen LogP contribution in [0.3, 0.4) is 0 Å². The van der Waals surface area contributed by atoms with E-state index in [1.54, 1.807) is 12.3 Å². The maximum atomic E-state index is 12.2. The Balaban J connectivity index is 2.82. The molecule has 1 unspecified atom stereocenters. The summed E-state index contributed by atoms with van der Waals surface area (Å²) in [5.74, 6) is -0.136. The van der Waals surface area contributed by atoms with Gasteiger partial charge in [0.05, 0.1) is 0 Å². The van der Waals surface area contributed by atoms with Crippen molar-refractivity contribution in [2.75, 3.05) is 5.33 Å². The number of rotatable bonds is 4. The summed E-state index contributed by atoms with van der Waals surface area (Å²) in [6.07, 6.45) is 2.51. The van der Waals surface area contributed by atoms with Crippen molar-refractivity contribution >= 4 is 37.8 Å². The molecule has 0 spiro atoms. The summed E-state index contributed by atoms with van der Waals surface area (Å²) in [5, 5.41) is 3.91. The van der Waals surface area contributed by atoms with Gasteiger partial charge in [-0.1, -0.05) is 36.7 Å². The Labute approximate surface area is 125 Å². The summed E-state index contributed by atoms with van der Waals surface area (Å²) in [7, 11) is 0. The van der Waals surface area contributed by atoms with Crippen LogP contribution in [0.1, 0.15) is 37.7 Å². The summed E-state index contributed by atoms with van der Waals surface area (Å²) >= 11 is 6.77. The van der Waals surface area contributed by atoms with Gasteiger partial charge in [-0.15, -0.1) is 0 Å². The Morgan fingerprint density at radius 2 is 2.17 bits per heavy atom. The number of alkyl halides is 1. The van der Waals surface area contributed by atoms with Crippen LogP contribution in [-0.4, -0.2) is 22.3 Å². The molecule has 1 aromatic rings. The molecular weight excluding hydrogens is 360 g/mol. The standard InChI is InChI=1S/C13H18Br2N2O/c1-13(2,3)10(6-7-14)17-12(18)11-9(15)5-4-8-16-11/h4-5,8,10H,6-7H2,1-3H3,(H,17,18). The molecule has 1 rings (SSSR count). The number of carbonyl (C=O) groups excluding carboxylic acids is 1. The monoisotopic (exact) mass is 376 g/mol. The van der Waals surface area contributed by atoms with Gasteiger partial charge < -0.3 is 5.32 Å². The van der Waals surface area contributed by atoms with Gasteiger partial charge in [0.1, 0.15) is 5.69 Å². The molecule has 5 heteroatoms. The van der Waals surface area contributed by atoms with Crippen LogP contribution in [0.15, 0.2) is 22.8 Å². The summed E-state index contributed by atoms with van der Waals surface area (Å²) in [6, 6.07) is 3.72. The van der Waals surface area contributed by atoms with Crippen LogP contribution in [0, 0.1) is 5.41 Å². The fourth-order valence-electron chi connectivity index (χ4n) is 1.61. The number of aromatic nitrogens is 1. The van der Waals surface area contributed by atoms with Crippen molar-refractivity contribution in [1.29, 1.82) is 0 Å². The third-order valence-corrected chi connectivity index (χ3v) is 3.82. The molecule has 0 fully saturated rings. The zero-order valence-electron chi connectivity index (χ0n) is 10.8. The van der Waals surface area contributed by atoms with E-state index in [0.29, 0.717) is 10.2 Å². The van der Waals surface area contributed by atoms with E-state index in [1.165, 1.54) is 0 Å². The average molecular weight is 378 g/mol. The number of nitrogens with one attached hydrogen (secondary N) is 1. The van der Waals surface area contributed by atoms with Crippen molar-refractivity contribution in [3.8, 4) is 0 Å². The third kappa shape index (κ3) is 4.35. The first-order valence-corrected chi connectivity index (χ1v) is 7.75. The molecule has 0 aliphatic heterocycles. The Hall–Kier alpha value is -0.420. The van der Waals surface area contributed by atoms with E-state index in [1.807, 2.05) is 6.07 Å². The number of nitrogens with zero attached hydrogens (tertiary/aromatic N) is 1. The molecule has 100 valence electrons. The van der Waals surface area contributed by atoms with Gasteiger partial charge >= 0.3 is 0 Å². The lowest BCUT2D eigenvalue weighted by Gasteiger charge is -2.31. The van der Waals surface area contributed by atoms with E-state index in [4.69, 9.17) is 0 Å². The third-order valence-electron chi connectivity index (χ3n) is 2.72. The number of carbonyl (C=O) groups is 1. The highest BCUT2D eigenvalue weighted by atomic mass is 79.9. The molecule has 0 aliphatic carbocycles. The van der Waals surface area contributed by atoms with Gasteiger partial charge in [-0.05, 0) is 39.9 Å². The number of hydrogen-bond donors (Lipinski definition) is 1. The molecule has 0 aromatic carbocycles. The highest BCUT2D eigenvalue weighted by molar-refractivity contribution is 9.10. The number of halogens is 2. The van der Waals surface area contributed by atoms with Crippen LogP contribution in [0.5, 0.6) is 0 Å². The second-order valence-corrected chi connectivity index (χ2v) is 6.85. The van der Waals surface area contributed by atoms with Crippen LogP contribution in [0.25, 0.3) is 0 Å². The highest BCUT2D eigenvalue weighted by Crippen LogP contribution is 2.23. The highest BCUT2D eigenvalue weighted by Gasteiger charge is 2.26. The lowest BCUT2D eigenvalue weighted by molar-refractivity contribution is 0.0895. The quantitative estimate of drug-likeness (QED) is 0.811. The van der Waals surface area contributed by atoms with Crippen LogP contribution >= 0.6 is 31.9 Å². The predicted octanol–water partition coefficient (Wildman–Crippen LogP) is 3.77. The summed E-state index contributed by atoms with van der Waals surface area (Å²) in [6.45, 7) is 6.36. The maximum Gasteiger partial charge on any atom is 0.271 e. The van der Waals surface area contributed by atoms with E-state index in [-0.39, 0.29) is 17.4 Å². The van der Waals surface area contributed by atoms with Crippen molar-refractivity contribution in [3.63, 3.8) is 0 Å². The van der Waals surface area contributed by atoms with Crippen LogP contribution in [0.2, 0.25) is 0 Å². The molecule has 1 N–H and O–H groups in total. The molecular formula is C13H18Br2N2O. The summed E-state index contributed by atoms with van der Waals surface area (Å²) < 4.78 is 0.717. The van der Waals surface area contributed by atoms with E-state index in [0.717, 1.165) is 11.8 Å². The summed E-state index contributed by atoms with van der Waals surface area (Å²) in [5.41, 5.74) is 0.450. The van der Waals surface area contributed by atoms with E-state index >= 15 is 0 Å². The maximum absolute atomic E-state index is 12.2. The SMILES string of the molecule is CC(C)(C)C(CCBr)NC(=O)c1ncccc1Br. The van der Waals surface area contributed by atoms with Crippen molar-refractivity contribution in [2.45, 2.75) is 33.2 Å². The molecule has 0 aliphatic rings. The Morgan fingerprint density at radius 3 is 2.67 bits per heavy atom. The van der Waals surface area contributed by atoms with Crippen molar-refractivity contribution in [3.05, 3.63) is 28.5 Å². The molecule has 0 saturated heterocycles. The molecule has 0 saturated carbocycles. The predicted molar refractivity (Wildman–Crippen MR) is 81.1 cm³/mol. The second kappa shape index (κ2) is 6.66. The molecule has 0 bridgehead atoms.